The van der Waals surface area contributed by atoms with Crippen molar-refractivity contribution in [1.29, 1.82) is 0 Å². The van der Waals surface area contributed by atoms with Crippen molar-refractivity contribution >= 4 is 35.0 Å². The molecule has 1 unspecified atom stereocenters. The minimum Gasteiger partial charge on any atom is -0.380 e. The highest BCUT2D eigenvalue weighted by Gasteiger charge is 2.26. The van der Waals surface area contributed by atoms with Crippen LogP contribution in [0.1, 0.15) is 6.42 Å². The van der Waals surface area contributed by atoms with E-state index in [1.807, 2.05) is 47.4 Å². The SMILES string of the molecule is O=C(CSc1ccccc1Cl)N1CCC(Nc2ccccc2)C1. The van der Waals surface area contributed by atoms with E-state index in [0.717, 1.165) is 30.1 Å². The summed E-state index contributed by atoms with van der Waals surface area (Å²) in [6.07, 6.45) is 0.984. The maximum atomic E-state index is 12.4. The van der Waals surface area contributed by atoms with Crippen LogP contribution in [0, 0.1) is 0 Å². The molecule has 0 spiro atoms. The lowest BCUT2D eigenvalue weighted by Crippen LogP contribution is -2.32. The molecule has 3 rings (SSSR count). The molecule has 0 aromatic heterocycles. The molecule has 1 amide bonds. The van der Waals surface area contributed by atoms with Crippen LogP contribution in [0.4, 0.5) is 5.69 Å². The summed E-state index contributed by atoms with van der Waals surface area (Å²) in [4.78, 5) is 15.3. The summed E-state index contributed by atoms with van der Waals surface area (Å²) in [5, 5.41) is 4.19. The molecule has 23 heavy (non-hydrogen) atoms. The van der Waals surface area contributed by atoms with Crippen LogP contribution in [0.25, 0.3) is 0 Å². The first-order chi connectivity index (χ1) is 11.2. The lowest BCUT2D eigenvalue weighted by Gasteiger charge is -2.17. The highest BCUT2D eigenvalue weighted by atomic mass is 35.5. The van der Waals surface area contributed by atoms with Gasteiger partial charge >= 0.3 is 0 Å². The molecule has 120 valence electrons. The second-order valence-electron chi connectivity index (χ2n) is 5.55. The van der Waals surface area contributed by atoms with Crippen LogP contribution in [-0.4, -0.2) is 35.7 Å². The number of benzene rings is 2. The third-order valence-electron chi connectivity index (χ3n) is 3.87. The summed E-state index contributed by atoms with van der Waals surface area (Å²) in [5.74, 6) is 0.606. The van der Waals surface area contributed by atoms with Crippen LogP contribution >= 0.6 is 23.4 Å². The predicted molar refractivity (Wildman–Crippen MR) is 97.2 cm³/mol. The number of likely N-dealkylation sites (tertiary alicyclic amines) is 1. The van der Waals surface area contributed by atoms with E-state index in [1.54, 1.807) is 0 Å². The number of hydrogen-bond acceptors (Lipinski definition) is 3. The van der Waals surface area contributed by atoms with Gasteiger partial charge in [0.15, 0.2) is 0 Å². The normalized spacial score (nSPS) is 17.3. The molecule has 5 heteroatoms. The van der Waals surface area contributed by atoms with Gasteiger partial charge in [-0.1, -0.05) is 41.9 Å². The highest BCUT2D eigenvalue weighted by Crippen LogP contribution is 2.27. The number of nitrogens with zero attached hydrogens (tertiary/aromatic N) is 1. The van der Waals surface area contributed by atoms with E-state index in [0.29, 0.717) is 16.8 Å². The monoisotopic (exact) mass is 346 g/mol. The standard InChI is InChI=1S/C18H19ClN2OS/c19-16-8-4-5-9-17(16)23-13-18(22)21-11-10-15(12-21)20-14-6-2-1-3-7-14/h1-9,15,20H,10-13H2. The highest BCUT2D eigenvalue weighted by molar-refractivity contribution is 8.00. The van der Waals surface area contributed by atoms with Gasteiger partial charge in [0.1, 0.15) is 0 Å². The largest absolute Gasteiger partial charge is 0.380 e. The molecule has 1 fully saturated rings. The van der Waals surface area contributed by atoms with Gasteiger partial charge in [0.25, 0.3) is 0 Å². The minimum absolute atomic E-state index is 0.173. The van der Waals surface area contributed by atoms with Crippen molar-refractivity contribution in [2.24, 2.45) is 0 Å². The van der Waals surface area contributed by atoms with Crippen LogP contribution in [0.2, 0.25) is 5.02 Å². The molecule has 0 aliphatic carbocycles. The lowest BCUT2D eigenvalue weighted by atomic mass is 10.2. The molecule has 0 radical (unpaired) electrons. The molecule has 1 aliphatic rings. The summed E-state index contributed by atoms with van der Waals surface area (Å²) in [5.41, 5.74) is 1.11. The first kappa shape index (κ1) is 16.2. The van der Waals surface area contributed by atoms with Gasteiger partial charge in [0, 0.05) is 29.7 Å². The molecule has 0 bridgehead atoms. The Labute approximate surface area is 146 Å². The Morgan fingerprint density at radius 1 is 1.17 bits per heavy atom. The van der Waals surface area contributed by atoms with E-state index in [4.69, 9.17) is 11.6 Å². The van der Waals surface area contributed by atoms with Crippen LogP contribution in [0.3, 0.4) is 0 Å². The molecule has 3 nitrogen and oxygen atoms in total. The third kappa shape index (κ3) is 4.43. The Morgan fingerprint density at radius 2 is 1.91 bits per heavy atom. The second-order valence-corrected chi connectivity index (χ2v) is 6.98. The zero-order valence-corrected chi connectivity index (χ0v) is 14.3. The maximum Gasteiger partial charge on any atom is 0.233 e. The molecular weight excluding hydrogens is 328 g/mol. The van der Waals surface area contributed by atoms with E-state index >= 15 is 0 Å². The number of anilines is 1. The van der Waals surface area contributed by atoms with E-state index in [2.05, 4.69) is 17.4 Å². The van der Waals surface area contributed by atoms with Gasteiger partial charge < -0.3 is 10.2 Å². The van der Waals surface area contributed by atoms with Crippen molar-refractivity contribution in [2.75, 3.05) is 24.2 Å². The average molecular weight is 347 g/mol. The van der Waals surface area contributed by atoms with Gasteiger partial charge in [-0.25, -0.2) is 0 Å². The second kappa shape index (κ2) is 7.75. The Bertz CT molecular complexity index is 665. The number of thioether (sulfide) groups is 1. The molecule has 2 aromatic rings. The summed E-state index contributed by atoms with van der Waals surface area (Å²) < 4.78 is 0. The quantitative estimate of drug-likeness (QED) is 0.825. The summed E-state index contributed by atoms with van der Waals surface area (Å²) in [6.45, 7) is 1.57. The summed E-state index contributed by atoms with van der Waals surface area (Å²) >= 11 is 7.63. The molecule has 1 N–H and O–H groups in total. The van der Waals surface area contributed by atoms with Gasteiger partial charge in [-0.05, 0) is 30.7 Å². The zero-order valence-electron chi connectivity index (χ0n) is 12.7. The third-order valence-corrected chi connectivity index (χ3v) is 5.37. The van der Waals surface area contributed by atoms with Crippen LogP contribution in [-0.2, 0) is 4.79 Å². The number of para-hydroxylation sites is 1. The molecule has 2 aromatic carbocycles. The number of rotatable bonds is 5. The van der Waals surface area contributed by atoms with Crippen molar-refractivity contribution in [3.8, 4) is 0 Å². The fourth-order valence-corrected chi connectivity index (χ4v) is 3.81. The van der Waals surface area contributed by atoms with Crippen molar-refractivity contribution in [3.05, 3.63) is 59.6 Å². The number of carbonyl (C=O) groups is 1. The molecule has 1 atom stereocenters. The fourth-order valence-electron chi connectivity index (χ4n) is 2.67. The Morgan fingerprint density at radius 3 is 2.70 bits per heavy atom. The van der Waals surface area contributed by atoms with Crippen LogP contribution in [0.5, 0.6) is 0 Å². The van der Waals surface area contributed by atoms with Crippen LogP contribution in [0.15, 0.2) is 59.5 Å². The lowest BCUT2D eigenvalue weighted by molar-refractivity contribution is -0.127. The van der Waals surface area contributed by atoms with Gasteiger partial charge in [-0.15, -0.1) is 11.8 Å². The van der Waals surface area contributed by atoms with E-state index in [1.165, 1.54) is 11.8 Å². The zero-order chi connectivity index (χ0) is 16.1. The van der Waals surface area contributed by atoms with E-state index in [-0.39, 0.29) is 5.91 Å². The predicted octanol–water partition coefficient (Wildman–Crippen LogP) is 4.15. The van der Waals surface area contributed by atoms with Gasteiger partial charge in [-0.3, -0.25) is 4.79 Å². The summed E-state index contributed by atoms with van der Waals surface area (Å²) in [6, 6.07) is 18.1. The van der Waals surface area contributed by atoms with Gasteiger partial charge in [-0.2, -0.15) is 0 Å². The van der Waals surface area contributed by atoms with Crippen LogP contribution < -0.4 is 5.32 Å². The van der Waals surface area contributed by atoms with Gasteiger partial charge in [0.2, 0.25) is 5.91 Å². The number of hydrogen-bond donors (Lipinski definition) is 1. The first-order valence-electron chi connectivity index (χ1n) is 7.69. The average Bonchev–Trinajstić information content (AvgIpc) is 3.03. The van der Waals surface area contributed by atoms with E-state index < -0.39 is 0 Å². The number of nitrogens with one attached hydrogen (secondary N) is 1. The number of halogens is 1. The molecule has 1 heterocycles. The molecule has 1 aliphatic heterocycles. The smallest absolute Gasteiger partial charge is 0.233 e. The van der Waals surface area contributed by atoms with Gasteiger partial charge in [0.05, 0.1) is 10.8 Å². The number of carbonyl (C=O) groups excluding carboxylic acids is 1. The summed E-state index contributed by atoms with van der Waals surface area (Å²) in [7, 11) is 0. The molecule has 1 saturated heterocycles. The van der Waals surface area contributed by atoms with Crippen molar-refractivity contribution in [1.82, 2.24) is 4.90 Å². The maximum absolute atomic E-state index is 12.4. The Hall–Kier alpha value is -1.65. The van der Waals surface area contributed by atoms with E-state index in [9.17, 15) is 4.79 Å². The van der Waals surface area contributed by atoms with Crippen molar-refractivity contribution in [2.45, 2.75) is 17.4 Å². The molecule has 0 saturated carbocycles. The Kier molecular flexibility index (Phi) is 5.47. The molecular formula is C18H19ClN2OS. The fraction of sp³-hybridized carbons (Fsp3) is 0.278. The minimum atomic E-state index is 0.173. The van der Waals surface area contributed by atoms with Crippen molar-refractivity contribution in [3.63, 3.8) is 0 Å². The Balaban J connectivity index is 1.49. The number of amides is 1. The van der Waals surface area contributed by atoms with Crippen molar-refractivity contribution < 1.29 is 4.79 Å². The first-order valence-corrected chi connectivity index (χ1v) is 9.05. The topological polar surface area (TPSA) is 32.3 Å².